The van der Waals surface area contributed by atoms with Gasteiger partial charge in [0.1, 0.15) is 6.33 Å². The Balaban J connectivity index is 1.36. The Labute approximate surface area is 197 Å². The van der Waals surface area contributed by atoms with Gasteiger partial charge in [-0.3, -0.25) is 4.90 Å². The van der Waals surface area contributed by atoms with Gasteiger partial charge < -0.3 is 16.0 Å². The molecule has 0 unspecified atom stereocenters. The van der Waals surface area contributed by atoms with E-state index in [0.717, 1.165) is 57.4 Å². The van der Waals surface area contributed by atoms with Gasteiger partial charge in [0.25, 0.3) is 0 Å². The number of hydrogen-bond donors (Lipinski definition) is 3. The fourth-order valence-electron chi connectivity index (χ4n) is 4.27. The average Bonchev–Trinajstić information content (AvgIpc) is 3.21. The average molecular weight is 469 g/mol. The van der Waals surface area contributed by atoms with Gasteiger partial charge in [-0.2, -0.15) is 9.97 Å². The lowest BCUT2D eigenvalue weighted by atomic mass is 9.93. The number of rotatable bonds is 6. The number of carbonyl (C=O) groups is 1. The molecule has 2 aromatic heterocycles. The van der Waals surface area contributed by atoms with E-state index in [4.69, 9.17) is 11.6 Å². The van der Waals surface area contributed by atoms with E-state index >= 15 is 0 Å². The molecule has 10 heteroatoms. The molecule has 1 saturated heterocycles. The third-order valence-electron chi connectivity index (χ3n) is 6.39. The summed E-state index contributed by atoms with van der Waals surface area (Å²) in [5, 5.41) is 9.70. The first-order valence-corrected chi connectivity index (χ1v) is 12.0. The van der Waals surface area contributed by atoms with Crippen molar-refractivity contribution in [1.82, 2.24) is 29.7 Å². The van der Waals surface area contributed by atoms with Gasteiger partial charge in [-0.15, -0.1) is 11.6 Å². The minimum atomic E-state index is -0.211. The lowest BCUT2D eigenvalue weighted by Gasteiger charge is -2.29. The monoisotopic (exact) mass is 468 g/mol. The molecule has 2 fully saturated rings. The smallest absolute Gasteiger partial charge is 0.328 e. The van der Waals surface area contributed by atoms with Gasteiger partial charge >= 0.3 is 6.03 Å². The number of nitrogens with zero attached hydrogens (tertiary/aromatic N) is 5. The maximum atomic E-state index is 12.7. The summed E-state index contributed by atoms with van der Waals surface area (Å²) in [7, 11) is 1.78. The van der Waals surface area contributed by atoms with E-state index in [1.54, 1.807) is 7.05 Å². The summed E-state index contributed by atoms with van der Waals surface area (Å²) in [6.07, 6.45) is 6.75. The highest BCUT2D eigenvalue weighted by atomic mass is 35.5. The molecule has 9 nitrogen and oxygen atoms in total. The van der Waals surface area contributed by atoms with E-state index < -0.39 is 0 Å². The molecular weight excluding hydrogens is 440 g/mol. The van der Waals surface area contributed by atoms with Crippen LogP contribution in [0.25, 0.3) is 11.2 Å². The maximum absolute atomic E-state index is 12.7. The first-order valence-electron chi connectivity index (χ1n) is 11.5. The van der Waals surface area contributed by atoms with Gasteiger partial charge in [-0.05, 0) is 62.9 Å². The second-order valence-electron chi connectivity index (χ2n) is 8.79. The largest absolute Gasteiger partial charge is 0.371 e. The fourth-order valence-corrected chi connectivity index (χ4v) is 4.47. The Morgan fingerprint density at radius 2 is 2.00 bits per heavy atom. The van der Waals surface area contributed by atoms with E-state index in [0.29, 0.717) is 28.3 Å². The van der Waals surface area contributed by atoms with Crippen molar-refractivity contribution < 1.29 is 4.79 Å². The van der Waals surface area contributed by atoms with Crippen LogP contribution in [0.15, 0.2) is 30.6 Å². The highest BCUT2D eigenvalue weighted by Gasteiger charge is 2.23. The van der Waals surface area contributed by atoms with Crippen molar-refractivity contribution in [3.63, 3.8) is 0 Å². The summed E-state index contributed by atoms with van der Waals surface area (Å²) in [5.41, 5.74) is 3.14. The van der Waals surface area contributed by atoms with Crippen LogP contribution in [0.4, 0.5) is 22.2 Å². The molecule has 2 aliphatic rings. The normalized spacial score (nSPS) is 17.6. The maximum Gasteiger partial charge on any atom is 0.328 e. The SMILES string of the molecule is CNc1nc(Nc2cccc(CN3CCC(Cl)CC3)c2)nc2c1ncn2C(=O)NC1CCC1. The highest BCUT2D eigenvalue weighted by molar-refractivity contribution is 6.20. The lowest BCUT2D eigenvalue weighted by Crippen LogP contribution is -2.41. The summed E-state index contributed by atoms with van der Waals surface area (Å²) in [6, 6.07) is 8.27. The predicted octanol–water partition coefficient (Wildman–Crippen LogP) is 3.93. The molecule has 0 bridgehead atoms. The number of imidazole rings is 1. The molecule has 1 saturated carbocycles. The van der Waals surface area contributed by atoms with E-state index in [1.165, 1.54) is 16.5 Å². The molecule has 1 amide bonds. The topological polar surface area (TPSA) is 100 Å². The Bertz CT molecular complexity index is 1140. The van der Waals surface area contributed by atoms with Gasteiger partial charge in [0.2, 0.25) is 5.95 Å². The van der Waals surface area contributed by atoms with Crippen molar-refractivity contribution in [2.75, 3.05) is 30.8 Å². The molecule has 174 valence electrons. The van der Waals surface area contributed by atoms with E-state index in [-0.39, 0.29) is 12.1 Å². The zero-order valence-electron chi connectivity index (χ0n) is 18.7. The van der Waals surface area contributed by atoms with Crippen LogP contribution in [0.2, 0.25) is 0 Å². The number of hydrogen-bond acceptors (Lipinski definition) is 7. The van der Waals surface area contributed by atoms with E-state index in [2.05, 4.69) is 47.9 Å². The molecule has 3 N–H and O–H groups in total. The van der Waals surface area contributed by atoms with Crippen molar-refractivity contribution in [3.05, 3.63) is 36.2 Å². The molecular formula is C23H29ClN8O. The van der Waals surface area contributed by atoms with Crippen LogP contribution in [0.1, 0.15) is 37.7 Å². The van der Waals surface area contributed by atoms with Crippen LogP contribution in [0.3, 0.4) is 0 Å². The molecule has 0 spiro atoms. The van der Waals surface area contributed by atoms with Crippen LogP contribution in [-0.2, 0) is 6.54 Å². The van der Waals surface area contributed by atoms with Gasteiger partial charge in [-0.25, -0.2) is 14.3 Å². The molecule has 5 rings (SSSR count). The number of alkyl halides is 1. The number of piperidine rings is 1. The first kappa shape index (κ1) is 21.9. The number of fused-ring (bicyclic) bond motifs is 1. The Morgan fingerprint density at radius 1 is 1.18 bits per heavy atom. The second kappa shape index (κ2) is 9.52. The third kappa shape index (κ3) is 4.89. The van der Waals surface area contributed by atoms with Crippen LogP contribution < -0.4 is 16.0 Å². The molecule has 3 aromatic rings. The van der Waals surface area contributed by atoms with Crippen LogP contribution in [-0.4, -0.2) is 62.0 Å². The number of amides is 1. The van der Waals surface area contributed by atoms with Crippen molar-refractivity contribution in [2.45, 2.75) is 50.1 Å². The highest BCUT2D eigenvalue weighted by Crippen LogP contribution is 2.25. The molecule has 1 aliphatic heterocycles. The number of likely N-dealkylation sites (tertiary alicyclic amines) is 1. The Morgan fingerprint density at radius 3 is 2.73 bits per heavy atom. The van der Waals surface area contributed by atoms with Crippen molar-refractivity contribution in [2.24, 2.45) is 0 Å². The van der Waals surface area contributed by atoms with Gasteiger partial charge in [-0.1, -0.05) is 12.1 Å². The van der Waals surface area contributed by atoms with Crippen LogP contribution >= 0.6 is 11.6 Å². The Hall–Kier alpha value is -2.91. The Kier molecular flexibility index (Phi) is 6.32. The molecule has 3 heterocycles. The minimum absolute atomic E-state index is 0.211. The third-order valence-corrected chi connectivity index (χ3v) is 6.83. The molecule has 1 aromatic carbocycles. The lowest BCUT2D eigenvalue weighted by molar-refractivity contribution is 0.223. The quantitative estimate of drug-likeness (QED) is 0.471. The fraction of sp³-hybridized carbons (Fsp3) is 0.478. The summed E-state index contributed by atoms with van der Waals surface area (Å²) < 4.78 is 1.46. The predicted molar refractivity (Wildman–Crippen MR) is 130 cm³/mol. The second-order valence-corrected chi connectivity index (χ2v) is 9.40. The summed E-state index contributed by atoms with van der Waals surface area (Å²) in [5.74, 6) is 0.975. The van der Waals surface area contributed by atoms with E-state index in [1.807, 2.05) is 12.1 Å². The van der Waals surface area contributed by atoms with Gasteiger partial charge in [0.05, 0.1) is 0 Å². The van der Waals surface area contributed by atoms with Crippen molar-refractivity contribution >= 4 is 46.2 Å². The van der Waals surface area contributed by atoms with E-state index in [9.17, 15) is 4.79 Å². The number of benzene rings is 1. The summed E-state index contributed by atoms with van der Waals surface area (Å²) >= 11 is 6.24. The van der Waals surface area contributed by atoms with Crippen molar-refractivity contribution in [3.8, 4) is 0 Å². The molecule has 0 radical (unpaired) electrons. The number of anilines is 3. The first-order chi connectivity index (χ1) is 16.1. The molecule has 0 atom stereocenters. The summed E-state index contributed by atoms with van der Waals surface area (Å²) in [4.78, 5) is 28.7. The number of halogens is 1. The zero-order chi connectivity index (χ0) is 22.8. The number of aromatic nitrogens is 4. The standard InChI is InChI=1S/C23H29ClN8O/c1-25-20-19-21(32(14-26-19)23(33)28-17-5-3-6-17)30-22(29-20)27-18-7-2-4-15(12-18)13-31-10-8-16(24)9-11-31/h2,4,7,12,14,16-17H,3,5-6,8-11,13H2,1H3,(H,28,33)(H2,25,27,29,30). The van der Waals surface area contributed by atoms with Gasteiger partial charge in [0, 0.05) is 30.7 Å². The van der Waals surface area contributed by atoms with Gasteiger partial charge in [0.15, 0.2) is 17.0 Å². The number of carbonyl (C=O) groups excluding carboxylic acids is 1. The minimum Gasteiger partial charge on any atom is -0.371 e. The summed E-state index contributed by atoms with van der Waals surface area (Å²) in [6.45, 7) is 2.92. The molecule has 1 aliphatic carbocycles. The van der Waals surface area contributed by atoms with Crippen LogP contribution in [0.5, 0.6) is 0 Å². The zero-order valence-corrected chi connectivity index (χ0v) is 19.5. The number of nitrogens with one attached hydrogen (secondary N) is 3. The van der Waals surface area contributed by atoms with Crippen molar-refractivity contribution in [1.29, 1.82) is 0 Å². The van der Waals surface area contributed by atoms with Crippen LogP contribution in [0, 0.1) is 0 Å². The molecule has 33 heavy (non-hydrogen) atoms.